The molecule has 0 fully saturated rings. The highest BCUT2D eigenvalue weighted by Gasteiger charge is 2.17. The molecule has 6 heteroatoms. The zero-order valence-electron chi connectivity index (χ0n) is 12.0. The summed E-state index contributed by atoms with van der Waals surface area (Å²) in [5.41, 5.74) is 7.43. The number of halogens is 1. The lowest BCUT2D eigenvalue weighted by Gasteiger charge is -2.06. The summed E-state index contributed by atoms with van der Waals surface area (Å²) < 4.78 is 21.0. The quantitative estimate of drug-likeness (QED) is 0.752. The molecule has 0 aliphatic heterocycles. The van der Waals surface area contributed by atoms with Crippen LogP contribution in [0.25, 0.3) is 17.1 Å². The van der Waals surface area contributed by atoms with Gasteiger partial charge in [0, 0.05) is 5.69 Å². The molecule has 3 rings (SSSR count). The summed E-state index contributed by atoms with van der Waals surface area (Å²) in [5, 5.41) is 4.29. The summed E-state index contributed by atoms with van der Waals surface area (Å²) in [6, 6.07) is 13.7. The van der Waals surface area contributed by atoms with Crippen LogP contribution in [0.15, 0.2) is 48.5 Å². The Labute approximate surface area is 127 Å². The van der Waals surface area contributed by atoms with E-state index in [9.17, 15) is 4.39 Å². The highest BCUT2D eigenvalue weighted by Crippen LogP contribution is 2.26. The molecule has 0 atom stereocenters. The van der Waals surface area contributed by atoms with Crippen LogP contribution in [-0.2, 0) is 0 Å². The van der Waals surface area contributed by atoms with Crippen molar-refractivity contribution in [2.45, 2.75) is 6.92 Å². The highest BCUT2D eigenvalue weighted by molar-refractivity contribution is 5.59. The molecule has 1 aromatic heterocycles. The van der Waals surface area contributed by atoms with Crippen LogP contribution in [0.2, 0.25) is 0 Å². The number of nitrogens with zero attached hydrogens (tertiary/aromatic N) is 3. The van der Waals surface area contributed by atoms with Gasteiger partial charge in [-0.25, -0.2) is 9.07 Å². The van der Waals surface area contributed by atoms with Gasteiger partial charge in [0.25, 0.3) is 0 Å². The first-order valence-corrected chi connectivity index (χ1v) is 6.89. The van der Waals surface area contributed by atoms with Crippen molar-refractivity contribution >= 4 is 5.69 Å². The molecule has 0 radical (unpaired) electrons. The number of rotatable bonds is 4. The highest BCUT2D eigenvalue weighted by atomic mass is 19.1. The lowest BCUT2D eigenvalue weighted by molar-refractivity contribution is 0.312. The van der Waals surface area contributed by atoms with Crippen LogP contribution in [0.1, 0.15) is 6.92 Å². The number of anilines is 1. The molecule has 0 amide bonds. The first-order chi connectivity index (χ1) is 10.7. The molecule has 0 saturated carbocycles. The van der Waals surface area contributed by atoms with E-state index in [1.807, 2.05) is 6.92 Å². The number of aromatic nitrogens is 3. The van der Waals surface area contributed by atoms with Gasteiger partial charge in [-0.15, -0.1) is 5.10 Å². The summed E-state index contributed by atoms with van der Waals surface area (Å²) >= 11 is 0. The maximum absolute atomic E-state index is 14.1. The maximum atomic E-state index is 14.1. The minimum Gasteiger partial charge on any atom is -0.463 e. The number of benzene rings is 2. The van der Waals surface area contributed by atoms with E-state index in [1.165, 1.54) is 6.07 Å². The average molecular weight is 298 g/mol. The number of ether oxygens (including phenoxy) is 1. The van der Waals surface area contributed by atoms with Crippen molar-refractivity contribution in [2.75, 3.05) is 12.3 Å². The van der Waals surface area contributed by atoms with Gasteiger partial charge in [-0.1, -0.05) is 12.1 Å². The lowest BCUT2D eigenvalue weighted by atomic mass is 10.2. The maximum Gasteiger partial charge on any atom is 0.336 e. The third kappa shape index (κ3) is 2.63. The standard InChI is InChI=1S/C16H15FN4O/c1-2-22-16-19-15(13-5-3-4-6-14(13)17)21(20-16)12-9-7-11(18)8-10-12/h3-10H,2,18H2,1H3. The number of hydrogen-bond donors (Lipinski definition) is 1. The largest absolute Gasteiger partial charge is 0.463 e. The number of nitrogen functional groups attached to an aromatic ring is 1. The summed E-state index contributed by atoms with van der Waals surface area (Å²) in [4.78, 5) is 4.29. The van der Waals surface area contributed by atoms with Crippen LogP contribution in [-0.4, -0.2) is 21.4 Å². The second-order valence-corrected chi connectivity index (χ2v) is 4.63. The van der Waals surface area contributed by atoms with E-state index in [0.717, 1.165) is 5.69 Å². The number of hydrogen-bond acceptors (Lipinski definition) is 4. The van der Waals surface area contributed by atoms with Crippen molar-refractivity contribution in [1.29, 1.82) is 0 Å². The summed E-state index contributed by atoms with van der Waals surface area (Å²) in [6.07, 6.45) is 0. The predicted molar refractivity (Wildman–Crippen MR) is 82.3 cm³/mol. The summed E-state index contributed by atoms with van der Waals surface area (Å²) in [6.45, 7) is 2.27. The molecule has 1 heterocycles. The van der Waals surface area contributed by atoms with Gasteiger partial charge in [0.1, 0.15) is 5.82 Å². The molecular weight excluding hydrogens is 283 g/mol. The van der Waals surface area contributed by atoms with Crippen molar-refractivity contribution in [1.82, 2.24) is 14.8 Å². The molecule has 0 spiro atoms. The molecule has 0 aliphatic rings. The molecular formula is C16H15FN4O. The Morgan fingerprint density at radius 2 is 1.86 bits per heavy atom. The average Bonchev–Trinajstić information content (AvgIpc) is 2.93. The summed E-state index contributed by atoms with van der Waals surface area (Å²) in [5.74, 6) is 0.0148. The molecule has 22 heavy (non-hydrogen) atoms. The van der Waals surface area contributed by atoms with E-state index in [4.69, 9.17) is 10.5 Å². The minimum atomic E-state index is -0.366. The van der Waals surface area contributed by atoms with Crippen molar-refractivity contribution in [3.8, 4) is 23.1 Å². The smallest absolute Gasteiger partial charge is 0.336 e. The van der Waals surface area contributed by atoms with Gasteiger partial charge in [-0.05, 0) is 43.3 Å². The van der Waals surface area contributed by atoms with Gasteiger partial charge >= 0.3 is 6.01 Å². The van der Waals surface area contributed by atoms with E-state index in [1.54, 1.807) is 47.1 Å². The topological polar surface area (TPSA) is 66.0 Å². The van der Waals surface area contributed by atoms with E-state index < -0.39 is 0 Å². The van der Waals surface area contributed by atoms with E-state index in [2.05, 4.69) is 10.1 Å². The molecule has 2 N–H and O–H groups in total. The normalized spacial score (nSPS) is 10.6. The SMILES string of the molecule is CCOc1nc(-c2ccccc2F)n(-c2ccc(N)cc2)n1. The Morgan fingerprint density at radius 1 is 1.14 bits per heavy atom. The number of nitrogens with two attached hydrogens (primary N) is 1. The van der Waals surface area contributed by atoms with Gasteiger partial charge in [-0.3, -0.25) is 0 Å². The fourth-order valence-electron chi connectivity index (χ4n) is 2.10. The zero-order valence-corrected chi connectivity index (χ0v) is 12.0. The first-order valence-electron chi connectivity index (χ1n) is 6.89. The van der Waals surface area contributed by atoms with Crippen LogP contribution in [0, 0.1) is 5.82 Å². The Kier molecular flexibility index (Phi) is 3.74. The molecule has 2 aromatic carbocycles. The molecule has 112 valence electrons. The second kappa shape index (κ2) is 5.85. The van der Waals surface area contributed by atoms with E-state index >= 15 is 0 Å². The van der Waals surface area contributed by atoms with Crippen LogP contribution < -0.4 is 10.5 Å². The molecule has 5 nitrogen and oxygen atoms in total. The molecule has 0 bridgehead atoms. The fourth-order valence-corrected chi connectivity index (χ4v) is 2.10. The minimum absolute atomic E-state index is 0.206. The third-order valence-corrected chi connectivity index (χ3v) is 3.11. The van der Waals surface area contributed by atoms with E-state index in [0.29, 0.717) is 23.7 Å². The van der Waals surface area contributed by atoms with Crippen LogP contribution in [0.4, 0.5) is 10.1 Å². The zero-order chi connectivity index (χ0) is 15.5. The molecule has 3 aromatic rings. The van der Waals surface area contributed by atoms with Crippen molar-refractivity contribution in [2.24, 2.45) is 0 Å². The van der Waals surface area contributed by atoms with Crippen molar-refractivity contribution in [3.63, 3.8) is 0 Å². The first kappa shape index (κ1) is 14.1. The molecule has 0 aliphatic carbocycles. The van der Waals surface area contributed by atoms with Crippen molar-refractivity contribution in [3.05, 3.63) is 54.3 Å². The predicted octanol–water partition coefficient (Wildman–Crippen LogP) is 3.05. The molecule has 0 saturated heterocycles. The van der Waals surface area contributed by atoms with Gasteiger partial charge in [0.2, 0.25) is 0 Å². The van der Waals surface area contributed by atoms with Gasteiger partial charge < -0.3 is 10.5 Å². The Hall–Kier alpha value is -2.89. The van der Waals surface area contributed by atoms with Crippen LogP contribution in [0.5, 0.6) is 6.01 Å². The van der Waals surface area contributed by atoms with Gasteiger partial charge in [0.05, 0.1) is 17.9 Å². The lowest BCUT2D eigenvalue weighted by Crippen LogP contribution is -2.01. The Balaban J connectivity index is 2.16. The Bertz CT molecular complexity index is 783. The fraction of sp³-hybridized carbons (Fsp3) is 0.125. The summed E-state index contributed by atoms with van der Waals surface area (Å²) in [7, 11) is 0. The monoisotopic (exact) mass is 298 g/mol. The van der Waals surface area contributed by atoms with Crippen LogP contribution in [0.3, 0.4) is 0 Å². The van der Waals surface area contributed by atoms with Crippen LogP contribution >= 0.6 is 0 Å². The molecule has 0 unspecified atom stereocenters. The second-order valence-electron chi connectivity index (χ2n) is 4.63. The van der Waals surface area contributed by atoms with E-state index in [-0.39, 0.29) is 11.8 Å². The third-order valence-electron chi connectivity index (χ3n) is 3.11. The van der Waals surface area contributed by atoms with Gasteiger partial charge in [0.15, 0.2) is 5.82 Å². The Morgan fingerprint density at radius 3 is 2.55 bits per heavy atom. The van der Waals surface area contributed by atoms with Crippen molar-refractivity contribution < 1.29 is 9.13 Å². The van der Waals surface area contributed by atoms with Gasteiger partial charge in [-0.2, -0.15) is 4.98 Å².